The third-order valence-corrected chi connectivity index (χ3v) is 1.92. The topological polar surface area (TPSA) is 77.9 Å². The van der Waals surface area contributed by atoms with Crippen molar-refractivity contribution in [1.82, 2.24) is 16.0 Å². The van der Waals surface area contributed by atoms with E-state index in [1.165, 1.54) is 0 Å². The Morgan fingerprint density at radius 3 is 2.92 bits per heavy atom. The number of nitrogens with zero attached hydrogens (tertiary/aromatic N) is 2. The SMILES string of the molecule is CNC1NC(=O)C2=NCCN=C2N1. The van der Waals surface area contributed by atoms with Gasteiger partial charge in [0.25, 0.3) is 5.91 Å². The van der Waals surface area contributed by atoms with E-state index < -0.39 is 0 Å². The fourth-order valence-electron chi connectivity index (χ4n) is 1.28. The second-order valence-corrected chi connectivity index (χ2v) is 2.80. The van der Waals surface area contributed by atoms with Crippen LogP contribution in [0.3, 0.4) is 0 Å². The fraction of sp³-hybridized carbons (Fsp3) is 0.571. The monoisotopic (exact) mass is 181 g/mol. The van der Waals surface area contributed by atoms with E-state index in [4.69, 9.17) is 0 Å². The highest BCUT2D eigenvalue weighted by Gasteiger charge is 2.28. The summed E-state index contributed by atoms with van der Waals surface area (Å²) in [6.07, 6.45) is -0.247. The van der Waals surface area contributed by atoms with Crippen LogP contribution in [0.5, 0.6) is 0 Å². The van der Waals surface area contributed by atoms with Crippen LogP contribution in [0.15, 0.2) is 9.98 Å². The van der Waals surface area contributed by atoms with Crippen LogP contribution in [0, 0.1) is 0 Å². The third kappa shape index (κ3) is 1.40. The number of carbonyl (C=O) groups is 1. The van der Waals surface area contributed by atoms with Gasteiger partial charge in [-0.2, -0.15) is 0 Å². The Morgan fingerprint density at radius 1 is 1.38 bits per heavy atom. The minimum atomic E-state index is -0.247. The van der Waals surface area contributed by atoms with Gasteiger partial charge < -0.3 is 10.6 Å². The standard InChI is InChI=1S/C7H11N5O/c1-8-7-11-5-4(6(13)12-7)9-2-3-10-5/h7-8H,2-3H2,1H3,(H,10,11)(H,12,13). The molecule has 2 rings (SSSR count). The van der Waals surface area contributed by atoms with Crippen LogP contribution in [0.4, 0.5) is 0 Å². The Bertz CT molecular complexity index is 295. The van der Waals surface area contributed by atoms with Gasteiger partial charge in [0.15, 0.2) is 17.8 Å². The Labute approximate surface area is 75.5 Å². The quantitative estimate of drug-likeness (QED) is 0.440. The van der Waals surface area contributed by atoms with Crippen molar-refractivity contribution in [3.63, 3.8) is 0 Å². The number of hydrogen-bond acceptors (Lipinski definition) is 5. The van der Waals surface area contributed by atoms with Crippen LogP contribution in [-0.4, -0.2) is 43.9 Å². The molecule has 3 N–H and O–H groups in total. The van der Waals surface area contributed by atoms with Gasteiger partial charge in [-0.15, -0.1) is 0 Å². The van der Waals surface area contributed by atoms with Gasteiger partial charge in [0.05, 0.1) is 13.1 Å². The van der Waals surface area contributed by atoms with E-state index in [1.54, 1.807) is 7.05 Å². The smallest absolute Gasteiger partial charge is 0.275 e. The molecule has 0 saturated carbocycles. The first-order valence-electron chi connectivity index (χ1n) is 4.15. The fourth-order valence-corrected chi connectivity index (χ4v) is 1.28. The summed E-state index contributed by atoms with van der Waals surface area (Å²) in [5.41, 5.74) is 0.415. The molecule has 2 heterocycles. The van der Waals surface area contributed by atoms with Gasteiger partial charge >= 0.3 is 0 Å². The van der Waals surface area contributed by atoms with Crippen molar-refractivity contribution in [2.24, 2.45) is 9.98 Å². The molecule has 0 aliphatic carbocycles. The first-order valence-corrected chi connectivity index (χ1v) is 4.15. The molecule has 2 aliphatic rings. The van der Waals surface area contributed by atoms with Gasteiger partial charge in [-0.3, -0.25) is 20.1 Å². The molecule has 1 amide bonds. The Morgan fingerprint density at radius 2 is 2.15 bits per heavy atom. The Balaban J connectivity index is 2.22. The minimum absolute atomic E-state index is 0.170. The molecule has 0 bridgehead atoms. The van der Waals surface area contributed by atoms with E-state index in [0.29, 0.717) is 24.6 Å². The van der Waals surface area contributed by atoms with Crippen LogP contribution in [-0.2, 0) is 4.79 Å². The van der Waals surface area contributed by atoms with E-state index in [2.05, 4.69) is 25.9 Å². The molecule has 1 atom stereocenters. The molecule has 70 valence electrons. The molecule has 0 aromatic heterocycles. The molecule has 0 spiro atoms. The summed E-state index contributed by atoms with van der Waals surface area (Å²) in [7, 11) is 1.75. The van der Waals surface area contributed by atoms with Crippen LogP contribution in [0.25, 0.3) is 0 Å². The average molecular weight is 181 g/mol. The zero-order valence-corrected chi connectivity index (χ0v) is 7.29. The van der Waals surface area contributed by atoms with Crippen molar-refractivity contribution in [3.05, 3.63) is 0 Å². The zero-order valence-electron chi connectivity index (χ0n) is 7.29. The van der Waals surface area contributed by atoms with Gasteiger partial charge in [0.2, 0.25) is 0 Å². The average Bonchev–Trinajstić information content (AvgIpc) is 2.18. The maximum absolute atomic E-state index is 11.4. The van der Waals surface area contributed by atoms with Gasteiger partial charge in [-0.05, 0) is 7.05 Å². The van der Waals surface area contributed by atoms with Crippen molar-refractivity contribution < 1.29 is 4.79 Å². The Kier molecular flexibility index (Phi) is 1.97. The van der Waals surface area contributed by atoms with Gasteiger partial charge in [-0.1, -0.05) is 0 Å². The zero-order chi connectivity index (χ0) is 9.26. The summed E-state index contributed by atoms with van der Waals surface area (Å²) < 4.78 is 0. The van der Waals surface area contributed by atoms with Crippen LogP contribution in [0.1, 0.15) is 0 Å². The molecular weight excluding hydrogens is 170 g/mol. The molecule has 6 heteroatoms. The molecule has 2 aliphatic heterocycles. The molecule has 6 nitrogen and oxygen atoms in total. The summed E-state index contributed by atoms with van der Waals surface area (Å²) in [6, 6.07) is 0. The molecular formula is C7H11N5O. The molecule has 1 fully saturated rings. The lowest BCUT2D eigenvalue weighted by Gasteiger charge is -2.28. The maximum Gasteiger partial charge on any atom is 0.275 e. The van der Waals surface area contributed by atoms with Gasteiger partial charge in [-0.25, -0.2) is 0 Å². The van der Waals surface area contributed by atoms with Crippen molar-refractivity contribution in [2.75, 3.05) is 20.1 Å². The largest absolute Gasteiger partial charge is 0.336 e. The number of hydrogen-bond donors (Lipinski definition) is 3. The van der Waals surface area contributed by atoms with Crippen LogP contribution >= 0.6 is 0 Å². The second kappa shape index (κ2) is 3.14. The number of amidine groups is 1. The first kappa shape index (κ1) is 8.18. The minimum Gasteiger partial charge on any atom is -0.336 e. The lowest BCUT2D eigenvalue weighted by atomic mass is 10.2. The highest BCUT2D eigenvalue weighted by Crippen LogP contribution is 1.97. The number of amides is 1. The predicted molar refractivity (Wildman–Crippen MR) is 48.7 cm³/mol. The van der Waals surface area contributed by atoms with E-state index in [1.807, 2.05) is 0 Å². The molecule has 13 heavy (non-hydrogen) atoms. The molecule has 0 aromatic rings. The van der Waals surface area contributed by atoms with E-state index >= 15 is 0 Å². The molecule has 1 saturated heterocycles. The van der Waals surface area contributed by atoms with Crippen LogP contribution < -0.4 is 16.0 Å². The van der Waals surface area contributed by atoms with Gasteiger partial charge in [0.1, 0.15) is 0 Å². The van der Waals surface area contributed by atoms with Crippen molar-refractivity contribution in [3.8, 4) is 0 Å². The molecule has 0 radical (unpaired) electrons. The number of fused-ring (bicyclic) bond motifs is 1. The highest BCUT2D eigenvalue weighted by atomic mass is 16.2. The van der Waals surface area contributed by atoms with E-state index in [9.17, 15) is 4.79 Å². The summed E-state index contributed by atoms with van der Waals surface area (Å²) >= 11 is 0. The van der Waals surface area contributed by atoms with Crippen LogP contribution in [0.2, 0.25) is 0 Å². The van der Waals surface area contributed by atoms with Crippen molar-refractivity contribution in [2.45, 2.75) is 6.29 Å². The number of rotatable bonds is 1. The predicted octanol–water partition coefficient (Wildman–Crippen LogP) is -1.94. The lowest BCUT2D eigenvalue weighted by Crippen LogP contribution is -2.65. The summed E-state index contributed by atoms with van der Waals surface area (Å²) in [5.74, 6) is 0.422. The maximum atomic E-state index is 11.4. The molecule has 0 aromatic carbocycles. The van der Waals surface area contributed by atoms with Crippen molar-refractivity contribution in [1.29, 1.82) is 0 Å². The van der Waals surface area contributed by atoms with Crippen molar-refractivity contribution >= 4 is 17.5 Å². The second-order valence-electron chi connectivity index (χ2n) is 2.80. The first-order chi connectivity index (χ1) is 6.31. The third-order valence-electron chi connectivity index (χ3n) is 1.92. The Hall–Kier alpha value is -1.43. The normalized spacial score (nSPS) is 26.5. The number of nitrogens with one attached hydrogen (secondary N) is 3. The highest BCUT2D eigenvalue weighted by molar-refractivity contribution is 6.67. The number of carbonyl (C=O) groups excluding carboxylic acids is 1. The van der Waals surface area contributed by atoms with Gasteiger partial charge in [0, 0.05) is 0 Å². The summed E-state index contributed by atoms with van der Waals surface area (Å²) in [6.45, 7) is 1.24. The number of aliphatic imine (C=N–C) groups is 2. The summed E-state index contributed by atoms with van der Waals surface area (Å²) in [4.78, 5) is 19.7. The van der Waals surface area contributed by atoms with E-state index in [0.717, 1.165) is 0 Å². The lowest BCUT2D eigenvalue weighted by molar-refractivity contribution is -0.115. The summed E-state index contributed by atoms with van der Waals surface area (Å²) in [5, 5.41) is 8.59. The molecule has 1 unspecified atom stereocenters. The van der Waals surface area contributed by atoms with E-state index in [-0.39, 0.29) is 12.2 Å².